The van der Waals surface area contributed by atoms with Gasteiger partial charge < -0.3 is 10.2 Å². The Hall–Kier alpha value is -3.33. The second-order valence-corrected chi connectivity index (χ2v) is 7.16. The lowest BCUT2D eigenvalue weighted by atomic mass is 10.1. The molecule has 2 aromatic carbocycles. The molecular weight excluding hydrogens is 391 g/mol. The molecule has 0 saturated carbocycles. The third kappa shape index (κ3) is 5.18. The van der Waals surface area contributed by atoms with Crippen molar-refractivity contribution in [1.29, 1.82) is 0 Å². The molecule has 1 heterocycles. The molecule has 30 heavy (non-hydrogen) atoms. The lowest BCUT2D eigenvalue weighted by Crippen LogP contribution is -2.50. The highest BCUT2D eigenvalue weighted by atomic mass is 19.1. The number of rotatable bonds is 6. The number of halogens is 1. The minimum absolute atomic E-state index is 0.0589. The van der Waals surface area contributed by atoms with Crippen LogP contribution in [0.25, 0.3) is 0 Å². The number of nitro groups is 1. The summed E-state index contributed by atoms with van der Waals surface area (Å²) in [5, 5.41) is 13.9. The number of nitrogens with zero attached hydrogens (tertiary/aromatic N) is 3. The molecule has 1 aliphatic rings. The van der Waals surface area contributed by atoms with Gasteiger partial charge in [-0.2, -0.15) is 0 Å². The maximum Gasteiger partial charge on any atom is 0.273 e. The summed E-state index contributed by atoms with van der Waals surface area (Å²) >= 11 is 0. The van der Waals surface area contributed by atoms with Crippen molar-refractivity contribution in [3.05, 3.63) is 75.1 Å². The predicted octanol–water partition coefficient (Wildman–Crippen LogP) is 2.23. The van der Waals surface area contributed by atoms with Crippen molar-refractivity contribution >= 4 is 17.5 Å². The molecule has 0 unspecified atom stereocenters. The SMILES string of the molecule is Cc1ccc(C(=O)N2CCN(CCNC(=O)c3ccc(F)cc3)CC2)cc1[N+](=O)[O-]. The second-order valence-electron chi connectivity index (χ2n) is 7.16. The number of hydrogen-bond donors (Lipinski definition) is 1. The first-order chi connectivity index (χ1) is 14.3. The van der Waals surface area contributed by atoms with Gasteiger partial charge in [-0.15, -0.1) is 0 Å². The molecule has 9 heteroatoms. The Morgan fingerprint density at radius 1 is 1.07 bits per heavy atom. The van der Waals surface area contributed by atoms with E-state index >= 15 is 0 Å². The second kappa shape index (κ2) is 9.45. The smallest absolute Gasteiger partial charge is 0.273 e. The average molecular weight is 414 g/mol. The highest BCUT2D eigenvalue weighted by Gasteiger charge is 2.24. The van der Waals surface area contributed by atoms with Crippen molar-refractivity contribution in [2.75, 3.05) is 39.3 Å². The quantitative estimate of drug-likeness (QED) is 0.578. The summed E-state index contributed by atoms with van der Waals surface area (Å²) in [6, 6.07) is 9.89. The van der Waals surface area contributed by atoms with E-state index in [1.807, 2.05) is 0 Å². The predicted molar refractivity (Wildman–Crippen MR) is 109 cm³/mol. The fourth-order valence-corrected chi connectivity index (χ4v) is 3.33. The third-order valence-corrected chi connectivity index (χ3v) is 5.13. The van der Waals surface area contributed by atoms with Crippen LogP contribution in [-0.2, 0) is 0 Å². The van der Waals surface area contributed by atoms with E-state index in [9.17, 15) is 24.1 Å². The van der Waals surface area contributed by atoms with Crippen LogP contribution >= 0.6 is 0 Å². The molecule has 2 amide bonds. The van der Waals surface area contributed by atoms with Gasteiger partial charge in [0.05, 0.1) is 4.92 Å². The molecule has 0 aromatic heterocycles. The summed E-state index contributed by atoms with van der Waals surface area (Å²) in [5.74, 6) is -0.869. The number of carbonyl (C=O) groups excluding carboxylic acids is 2. The van der Waals surface area contributed by atoms with Crippen molar-refractivity contribution < 1.29 is 18.9 Å². The summed E-state index contributed by atoms with van der Waals surface area (Å²) in [6.45, 7) is 5.01. The van der Waals surface area contributed by atoms with Crippen molar-refractivity contribution in [1.82, 2.24) is 15.1 Å². The molecule has 1 saturated heterocycles. The number of benzene rings is 2. The number of nitrogens with one attached hydrogen (secondary N) is 1. The average Bonchev–Trinajstić information content (AvgIpc) is 2.74. The summed E-state index contributed by atoms with van der Waals surface area (Å²) in [5.41, 5.74) is 1.17. The van der Waals surface area contributed by atoms with Crippen LogP contribution in [0.5, 0.6) is 0 Å². The zero-order chi connectivity index (χ0) is 21.7. The van der Waals surface area contributed by atoms with Crippen molar-refractivity contribution in [2.24, 2.45) is 0 Å². The molecule has 1 aliphatic heterocycles. The van der Waals surface area contributed by atoms with Crippen LogP contribution in [-0.4, -0.2) is 65.8 Å². The number of amides is 2. The van der Waals surface area contributed by atoms with E-state index in [1.54, 1.807) is 24.0 Å². The topological polar surface area (TPSA) is 95.8 Å². The Bertz CT molecular complexity index is 941. The standard InChI is InChI=1S/C21H23FN4O4/c1-15-2-3-17(14-19(15)26(29)30)21(28)25-12-10-24(11-13-25)9-8-23-20(27)16-4-6-18(22)7-5-16/h2-7,14H,8-13H2,1H3,(H,23,27). The maximum absolute atomic E-state index is 12.9. The lowest BCUT2D eigenvalue weighted by Gasteiger charge is -2.34. The van der Waals surface area contributed by atoms with Gasteiger partial charge in [0.1, 0.15) is 5.82 Å². The highest BCUT2D eigenvalue weighted by molar-refractivity contribution is 5.95. The lowest BCUT2D eigenvalue weighted by molar-refractivity contribution is -0.385. The Balaban J connectivity index is 1.46. The van der Waals surface area contributed by atoms with Gasteiger partial charge in [-0.05, 0) is 37.3 Å². The summed E-state index contributed by atoms with van der Waals surface area (Å²) in [4.78, 5) is 39.1. The Morgan fingerprint density at radius 2 is 1.70 bits per heavy atom. The van der Waals surface area contributed by atoms with E-state index in [-0.39, 0.29) is 23.3 Å². The van der Waals surface area contributed by atoms with Gasteiger partial charge in [-0.3, -0.25) is 24.6 Å². The number of nitro benzene ring substituents is 1. The van der Waals surface area contributed by atoms with E-state index in [1.165, 1.54) is 30.3 Å². The molecule has 0 aliphatic carbocycles. The van der Waals surface area contributed by atoms with Gasteiger partial charge in [-0.1, -0.05) is 6.07 Å². The van der Waals surface area contributed by atoms with Crippen LogP contribution in [0.15, 0.2) is 42.5 Å². The van der Waals surface area contributed by atoms with Gasteiger partial charge in [0, 0.05) is 62.0 Å². The Kier molecular flexibility index (Phi) is 6.73. The van der Waals surface area contributed by atoms with Crippen molar-refractivity contribution in [3.8, 4) is 0 Å². The molecular formula is C21H23FN4O4. The zero-order valence-corrected chi connectivity index (χ0v) is 16.6. The maximum atomic E-state index is 12.9. The molecule has 2 aromatic rings. The molecule has 0 radical (unpaired) electrons. The van der Waals surface area contributed by atoms with Gasteiger partial charge in [0.25, 0.3) is 17.5 Å². The van der Waals surface area contributed by atoms with Gasteiger partial charge >= 0.3 is 0 Å². The van der Waals surface area contributed by atoms with E-state index < -0.39 is 4.92 Å². The first kappa shape index (κ1) is 21.4. The van der Waals surface area contributed by atoms with Crippen LogP contribution in [0.3, 0.4) is 0 Å². The van der Waals surface area contributed by atoms with Crippen molar-refractivity contribution in [3.63, 3.8) is 0 Å². The van der Waals surface area contributed by atoms with E-state index in [0.717, 1.165) is 0 Å². The summed E-state index contributed by atoms with van der Waals surface area (Å²) in [6.07, 6.45) is 0. The van der Waals surface area contributed by atoms with Crippen LogP contribution in [0, 0.1) is 22.9 Å². The van der Waals surface area contributed by atoms with E-state index in [2.05, 4.69) is 10.2 Å². The first-order valence-corrected chi connectivity index (χ1v) is 9.65. The fraction of sp³-hybridized carbons (Fsp3) is 0.333. The first-order valence-electron chi connectivity index (χ1n) is 9.65. The van der Waals surface area contributed by atoms with E-state index in [4.69, 9.17) is 0 Å². The summed E-state index contributed by atoms with van der Waals surface area (Å²) < 4.78 is 12.9. The van der Waals surface area contributed by atoms with Crippen molar-refractivity contribution in [2.45, 2.75) is 6.92 Å². The molecule has 8 nitrogen and oxygen atoms in total. The minimum Gasteiger partial charge on any atom is -0.351 e. The minimum atomic E-state index is -0.482. The monoisotopic (exact) mass is 414 g/mol. The third-order valence-electron chi connectivity index (χ3n) is 5.13. The van der Waals surface area contributed by atoms with Gasteiger partial charge in [0.15, 0.2) is 0 Å². The van der Waals surface area contributed by atoms with Gasteiger partial charge in [0.2, 0.25) is 0 Å². The number of aryl methyl sites for hydroxylation is 1. The normalized spacial score (nSPS) is 14.4. The highest BCUT2D eigenvalue weighted by Crippen LogP contribution is 2.20. The number of carbonyl (C=O) groups is 2. The molecule has 3 rings (SSSR count). The number of piperazine rings is 1. The number of hydrogen-bond acceptors (Lipinski definition) is 5. The van der Waals surface area contributed by atoms with Crippen LogP contribution in [0.1, 0.15) is 26.3 Å². The summed E-state index contributed by atoms with van der Waals surface area (Å²) in [7, 11) is 0. The van der Waals surface area contributed by atoms with Crippen LogP contribution in [0.4, 0.5) is 10.1 Å². The molecule has 158 valence electrons. The van der Waals surface area contributed by atoms with Gasteiger partial charge in [-0.25, -0.2) is 4.39 Å². The molecule has 1 N–H and O–H groups in total. The largest absolute Gasteiger partial charge is 0.351 e. The zero-order valence-electron chi connectivity index (χ0n) is 16.6. The van der Waals surface area contributed by atoms with E-state index in [0.29, 0.717) is 56.0 Å². The Labute approximate surface area is 173 Å². The molecule has 0 atom stereocenters. The van der Waals surface area contributed by atoms with Crippen LogP contribution < -0.4 is 5.32 Å². The molecule has 1 fully saturated rings. The molecule has 0 bridgehead atoms. The van der Waals surface area contributed by atoms with Crippen LogP contribution in [0.2, 0.25) is 0 Å². The Morgan fingerprint density at radius 3 is 2.33 bits per heavy atom. The molecule has 0 spiro atoms. The fourth-order valence-electron chi connectivity index (χ4n) is 3.33.